The molecule has 1 atom stereocenters. The number of aliphatic carboxylic acids is 1. The number of hydrogen-bond donors (Lipinski definition) is 2. The van der Waals surface area contributed by atoms with Crippen LogP contribution in [-0.2, 0) is 14.3 Å². The first-order valence-electron chi connectivity index (χ1n) is 6.13. The number of nitrogens with one attached hydrogen (secondary N) is 1. The highest BCUT2D eigenvalue weighted by Gasteiger charge is 2.16. The highest BCUT2D eigenvalue weighted by atomic mass is 32.1. The number of thiophene rings is 1. The summed E-state index contributed by atoms with van der Waals surface area (Å²) >= 11 is 1.24. The fourth-order valence-electron chi connectivity index (χ4n) is 1.67. The third-order valence-electron chi connectivity index (χ3n) is 2.62. The molecule has 0 radical (unpaired) electrons. The minimum Gasteiger partial charge on any atom is -0.478 e. The molecule has 7 heteroatoms. The Kier molecular flexibility index (Phi) is 5.28. The average Bonchev–Trinajstić information content (AvgIpc) is 2.92. The van der Waals surface area contributed by atoms with Gasteiger partial charge in [-0.15, -0.1) is 11.3 Å². The van der Waals surface area contributed by atoms with E-state index in [1.807, 2.05) is 0 Å². The summed E-state index contributed by atoms with van der Waals surface area (Å²) < 4.78 is 10.7. The molecule has 2 N–H and O–H groups in total. The third-order valence-corrected chi connectivity index (χ3v) is 3.67. The highest BCUT2D eigenvalue weighted by Crippen LogP contribution is 2.17. The summed E-state index contributed by atoms with van der Waals surface area (Å²) in [4.78, 5) is 23.6. The Morgan fingerprint density at radius 2 is 2.30 bits per heavy atom. The molecule has 0 aromatic carbocycles. The molecule has 2 heterocycles. The Hall–Kier alpha value is -1.70. The van der Waals surface area contributed by atoms with Crippen molar-refractivity contribution in [1.82, 2.24) is 5.32 Å². The van der Waals surface area contributed by atoms with Crippen LogP contribution in [-0.4, -0.2) is 49.5 Å². The molecule has 0 spiro atoms. The summed E-state index contributed by atoms with van der Waals surface area (Å²) in [7, 11) is 0. The van der Waals surface area contributed by atoms with E-state index >= 15 is 0 Å². The largest absolute Gasteiger partial charge is 0.478 e. The van der Waals surface area contributed by atoms with Gasteiger partial charge in [0.15, 0.2) is 0 Å². The second-order valence-electron chi connectivity index (χ2n) is 4.15. The molecule has 1 aromatic rings. The van der Waals surface area contributed by atoms with E-state index in [2.05, 4.69) is 5.32 Å². The van der Waals surface area contributed by atoms with Crippen molar-refractivity contribution in [2.24, 2.45) is 0 Å². The number of ether oxygens (including phenoxy) is 2. The monoisotopic (exact) mass is 297 g/mol. The van der Waals surface area contributed by atoms with Crippen LogP contribution >= 0.6 is 11.3 Å². The van der Waals surface area contributed by atoms with E-state index in [9.17, 15) is 9.59 Å². The standard InChI is InChI=1S/C13H15NO5S/c15-12(16)4-2-10-1-3-11(20-10)13(17)14-7-9-8-18-5-6-19-9/h1-4,9H,5-8H2,(H,14,17)(H,15,16). The molecule has 1 aromatic heterocycles. The van der Waals surface area contributed by atoms with Gasteiger partial charge in [-0.1, -0.05) is 0 Å². The molecule has 20 heavy (non-hydrogen) atoms. The van der Waals surface area contributed by atoms with E-state index in [0.29, 0.717) is 31.2 Å². The number of carbonyl (C=O) groups is 2. The van der Waals surface area contributed by atoms with Crippen molar-refractivity contribution in [2.75, 3.05) is 26.4 Å². The smallest absolute Gasteiger partial charge is 0.328 e. The van der Waals surface area contributed by atoms with Gasteiger partial charge in [-0.3, -0.25) is 4.79 Å². The van der Waals surface area contributed by atoms with Crippen molar-refractivity contribution in [3.63, 3.8) is 0 Å². The number of carboxylic acid groups (broad SMARTS) is 1. The Bertz CT molecular complexity index is 505. The van der Waals surface area contributed by atoms with E-state index in [0.717, 1.165) is 11.0 Å². The van der Waals surface area contributed by atoms with Gasteiger partial charge >= 0.3 is 5.97 Å². The first kappa shape index (κ1) is 14.7. The van der Waals surface area contributed by atoms with Crippen LogP contribution in [0, 0.1) is 0 Å². The molecule has 1 aliphatic rings. The van der Waals surface area contributed by atoms with Crippen molar-refractivity contribution in [1.29, 1.82) is 0 Å². The lowest BCUT2D eigenvalue weighted by atomic mass is 10.3. The summed E-state index contributed by atoms with van der Waals surface area (Å²) in [5.41, 5.74) is 0. The maximum Gasteiger partial charge on any atom is 0.328 e. The minimum absolute atomic E-state index is 0.112. The molecule has 1 amide bonds. The van der Waals surface area contributed by atoms with E-state index in [1.165, 1.54) is 17.4 Å². The second-order valence-corrected chi connectivity index (χ2v) is 5.27. The van der Waals surface area contributed by atoms with Crippen molar-refractivity contribution in [3.05, 3.63) is 28.0 Å². The molecule has 1 unspecified atom stereocenters. The molecule has 0 aliphatic carbocycles. The van der Waals surface area contributed by atoms with E-state index in [1.54, 1.807) is 12.1 Å². The molecule has 108 valence electrons. The topological polar surface area (TPSA) is 84.9 Å². The van der Waals surface area contributed by atoms with E-state index in [4.69, 9.17) is 14.6 Å². The number of carboxylic acids is 1. The highest BCUT2D eigenvalue weighted by molar-refractivity contribution is 7.14. The summed E-state index contributed by atoms with van der Waals surface area (Å²) in [5.74, 6) is -1.21. The summed E-state index contributed by atoms with van der Waals surface area (Å²) in [6, 6.07) is 3.37. The predicted molar refractivity (Wildman–Crippen MR) is 73.9 cm³/mol. The van der Waals surface area contributed by atoms with Gasteiger partial charge in [-0.05, 0) is 18.2 Å². The van der Waals surface area contributed by atoms with Crippen molar-refractivity contribution in [2.45, 2.75) is 6.10 Å². The Balaban J connectivity index is 1.84. The Morgan fingerprint density at radius 1 is 1.45 bits per heavy atom. The summed E-state index contributed by atoms with van der Waals surface area (Å²) in [6.07, 6.45) is 2.39. The van der Waals surface area contributed by atoms with Gasteiger partial charge in [0.2, 0.25) is 0 Å². The second kappa shape index (κ2) is 7.18. The fourth-order valence-corrected chi connectivity index (χ4v) is 2.49. The predicted octanol–water partition coefficient (Wildman–Crippen LogP) is 0.991. The molecule has 1 aliphatic heterocycles. The zero-order valence-corrected chi connectivity index (χ0v) is 11.5. The number of carbonyl (C=O) groups excluding carboxylic acids is 1. The molecule has 1 saturated heterocycles. The molecular weight excluding hydrogens is 282 g/mol. The number of hydrogen-bond acceptors (Lipinski definition) is 5. The Morgan fingerprint density at radius 3 is 3.00 bits per heavy atom. The Labute approximate surface area is 120 Å². The van der Waals surface area contributed by atoms with Gasteiger partial charge < -0.3 is 19.9 Å². The molecule has 6 nitrogen and oxygen atoms in total. The first-order valence-corrected chi connectivity index (χ1v) is 6.95. The van der Waals surface area contributed by atoms with Crippen LogP contribution in [0.1, 0.15) is 14.5 Å². The lowest BCUT2D eigenvalue weighted by Gasteiger charge is -2.22. The third kappa shape index (κ3) is 4.44. The van der Waals surface area contributed by atoms with Gasteiger partial charge in [-0.2, -0.15) is 0 Å². The maximum absolute atomic E-state index is 11.9. The van der Waals surface area contributed by atoms with Crippen molar-refractivity contribution >= 4 is 29.3 Å². The van der Waals surface area contributed by atoms with Gasteiger partial charge in [-0.25, -0.2) is 4.79 Å². The first-order chi connectivity index (χ1) is 9.65. The normalized spacial score (nSPS) is 19.1. The molecule has 0 bridgehead atoms. The van der Waals surface area contributed by atoms with Crippen molar-refractivity contribution < 1.29 is 24.2 Å². The van der Waals surface area contributed by atoms with Crippen LogP contribution in [0.5, 0.6) is 0 Å². The minimum atomic E-state index is -1.01. The quantitative estimate of drug-likeness (QED) is 0.792. The van der Waals surface area contributed by atoms with Gasteiger partial charge in [0.05, 0.1) is 30.8 Å². The van der Waals surface area contributed by atoms with Crippen LogP contribution in [0.25, 0.3) is 6.08 Å². The molecule has 0 saturated carbocycles. The maximum atomic E-state index is 11.9. The van der Waals surface area contributed by atoms with Gasteiger partial charge in [0, 0.05) is 17.5 Å². The SMILES string of the molecule is O=C(O)C=Cc1ccc(C(=O)NCC2COCCO2)s1. The van der Waals surface area contributed by atoms with Gasteiger partial charge in [0.25, 0.3) is 5.91 Å². The summed E-state index contributed by atoms with van der Waals surface area (Å²) in [6.45, 7) is 2.02. The lowest BCUT2D eigenvalue weighted by molar-refractivity contribution is -0.131. The van der Waals surface area contributed by atoms with Crippen LogP contribution in [0.3, 0.4) is 0 Å². The molecular formula is C13H15NO5S. The zero-order valence-electron chi connectivity index (χ0n) is 10.7. The zero-order chi connectivity index (χ0) is 14.4. The number of amides is 1. The van der Waals surface area contributed by atoms with Crippen LogP contribution in [0.4, 0.5) is 0 Å². The van der Waals surface area contributed by atoms with Gasteiger partial charge in [0.1, 0.15) is 0 Å². The summed E-state index contributed by atoms with van der Waals surface area (Å²) in [5, 5.41) is 11.3. The van der Waals surface area contributed by atoms with Crippen molar-refractivity contribution in [3.8, 4) is 0 Å². The lowest BCUT2D eigenvalue weighted by Crippen LogP contribution is -2.39. The van der Waals surface area contributed by atoms with Crippen LogP contribution in [0.15, 0.2) is 18.2 Å². The van der Waals surface area contributed by atoms with E-state index < -0.39 is 5.97 Å². The molecule has 1 fully saturated rings. The van der Waals surface area contributed by atoms with Crippen LogP contribution in [0.2, 0.25) is 0 Å². The van der Waals surface area contributed by atoms with Crippen LogP contribution < -0.4 is 5.32 Å². The molecule has 2 rings (SSSR count). The fraction of sp³-hybridized carbons (Fsp3) is 0.385. The average molecular weight is 297 g/mol. The van der Waals surface area contributed by atoms with E-state index in [-0.39, 0.29) is 12.0 Å². The number of rotatable bonds is 5.